The molecule has 6 heteroatoms. The van der Waals surface area contributed by atoms with E-state index in [9.17, 15) is 0 Å². The van der Waals surface area contributed by atoms with E-state index >= 15 is 0 Å². The summed E-state index contributed by atoms with van der Waals surface area (Å²) in [4.78, 5) is 4.45. The van der Waals surface area contributed by atoms with Crippen LogP contribution in [0.25, 0.3) is 0 Å². The van der Waals surface area contributed by atoms with Gasteiger partial charge in [-0.1, -0.05) is 27.7 Å². The van der Waals surface area contributed by atoms with Gasteiger partial charge in [-0.25, -0.2) is 0 Å². The lowest BCUT2D eigenvalue weighted by atomic mass is 9.84. The Bertz CT molecular complexity index is 517. The molecule has 1 rings (SSSR count). The van der Waals surface area contributed by atoms with E-state index in [1.807, 2.05) is 18.2 Å². The first-order chi connectivity index (χ1) is 10.3. The Morgan fingerprint density at radius 3 is 2.35 bits per heavy atom. The van der Waals surface area contributed by atoms with Gasteiger partial charge in [0.25, 0.3) is 0 Å². The first-order valence-corrected chi connectivity index (χ1v) is 7.56. The zero-order valence-electron chi connectivity index (χ0n) is 15.0. The molecule has 0 radical (unpaired) electrons. The monoisotopic (exact) mass is 435 g/mol. The first-order valence-electron chi connectivity index (χ1n) is 7.56. The van der Waals surface area contributed by atoms with Gasteiger partial charge in [-0.2, -0.15) is 0 Å². The zero-order valence-corrected chi connectivity index (χ0v) is 17.3. The van der Waals surface area contributed by atoms with E-state index in [1.165, 1.54) is 0 Å². The van der Waals surface area contributed by atoms with Gasteiger partial charge in [0.1, 0.15) is 0 Å². The number of hydrogen-bond acceptors (Lipinski definition) is 3. The third kappa shape index (κ3) is 7.76. The fourth-order valence-corrected chi connectivity index (χ4v) is 2.57. The van der Waals surface area contributed by atoms with Gasteiger partial charge >= 0.3 is 0 Å². The molecule has 1 aromatic rings. The summed E-state index contributed by atoms with van der Waals surface area (Å²) in [6.45, 7) is 9.55. The number of hydrogen-bond donors (Lipinski definition) is 2. The van der Waals surface area contributed by atoms with Crippen LogP contribution in [0.2, 0.25) is 0 Å². The largest absolute Gasteiger partial charge is 0.493 e. The molecule has 0 saturated heterocycles. The third-order valence-electron chi connectivity index (χ3n) is 3.29. The van der Waals surface area contributed by atoms with Gasteiger partial charge in [0.2, 0.25) is 0 Å². The lowest BCUT2D eigenvalue weighted by Crippen LogP contribution is -2.26. The number of nitrogens with zero attached hydrogens (tertiary/aromatic N) is 1. The molecule has 0 heterocycles. The molecule has 0 unspecified atom stereocenters. The molecule has 0 bridgehead atoms. The van der Waals surface area contributed by atoms with Crippen molar-refractivity contribution in [1.29, 1.82) is 0 Å². The van der Waals surface area contributed by atoms with Crippen LogP contribution in [0.5, 0.6) is 11.5 Å². The van der Waals surface area contributed by atoms with Crippen molar-refractivity contribution in [2.24, 2.45) is 22.1 Å². The van der Waals surface area contributed by atoms with E-state index in [-0.39, 0.29) is 29.4 Å². The molecular weight excluding hydrogens is 405 g/mol. The predicted molar refractivity (Wildman–Crippen MR) is 108 cm³/mol. The molecule has 5 nitrogen and oxygen atoms in total. The summed E-state index contributed by atoms with van der Waals surface area (Å²) in [5.74, 6) is 2.39. The Balaban J connectivity index is 0.00000484. The Kier molecular flexibility index (Phi) is 9.34. The maximum absolute atomic E-state index is 5.97. The van der Waals surface area contributed by atoms with E-state index < -0.39 is 0 Å². The van der Waals surface area contributed by atoms with Gasteiger partial charge in [0.05, 0.1) is 14.2 Å². The molecule has 0 aromatic heterocycles. The highest BCUT2D eigenvalue weighted by atomic mass is 127. The van der Waals surface area contributed by atoms with E-state index in [0.29, 0.717) is 29.9 Å². The van der Waals surface area contributed by atoms with Crippen molar-refractivity contribution >= 4 is 35.6 Å². The van der Waals surface area contributed by atoms with Crippen molar-refractivity contribution in [1.82, 2.24) is 0 Å². The second-order valence-corrected chi connectivity index (χ2v) is 6.66. The molecule has 0 aliphatic carbocycles. The predicted octanol–water partition coefficient (Wildman–Crippen LogP) is 4.12. The van der Waals surface area contributed by atoms with Gasteiger partial charge in [0, 0.05) is 18.3 Å². The first kappa shape index (κ1) is 21.8. The minimum atomic E-state index is 0. The van der Waals surface area contributed by atoms with Crippen LogP contribution < -0.4 is 20.5 Å². The van der Waals surface area contributed by atoms with Crippen LogP contribution in [0.1, 0.15) is 34.1 Å². The van der Waals surface area contributed by atoms with E-state index in [1.54, 1.807) is 14.2 Å². The van der Waals surface area contributed by atoms with Crippen molar-refractivity contribution in [3.05, 3.63) is 18.2 Å². The lowest BCUT2D eigenvalue weighted by molar-refractivity contribution is 0.298. The molecule has 1 aromatic carbocycles. The van der Waals surface area contributed by atoms with Crippen LogP contribution in [-0.2, 0) is 0 Å². The Labute approximate surface area is 157 Å². The highest BCUT2D eigenvalue weighted by Crippen LogP contribution is 2.29. The number of guanidine groups is 1. The van der Waals surface area contributed by atoms with E-state index in [4.69, 9.17) is 15.2 Å². The fourth-order valence-electron chi connectivity index (χ4n) is 2.57. The summed E-state index contributed by atoms with van der Waals surface area (Å²) in [5.41, 5.74) is 6.93. The normalized spacial score (nSPS) is 11.9. The molecule has 23 heavy (non-hydrogen) atoms. The van der Waals surface area contributed by atoms with Crippen molar-refractivity contribution in [2.45, 2.75) is 34.1 Å². The maximum Gasteiger partial charge on any atom is 0.193 e. The number of benzene rings is 1. The van der Waals surface area contributed by atoms with Gasteiger partial charge in [-0.05, 0) is 29.9 Å². The van der Waals surface area contributed by atoms with Crippen molar-refractivity contribution < 1.29 is 9.47 Å². The highest BCUT2D eigenvalue weighted by Gasteiger charge is 2.19. The molecule has 0 saturated carbocycles. The second kappa shape index (κ2) is 9.85. The molecule has 3 N–H and O–H groups in total. The van der Waals surface area contributed by atoms with Crippen molar-refractivity contribution in [3.8, 4) is 11.5 Å². The average molecular weight is 435 g/mol. The summed E-state index contributed by atoms with van der Waals surface area (Å²) < 4.78 is 10.5. The van der Waals surface area contributed by atoms with Crippen LogP contribution in [0.3, 0.4) is 0 Å². The topological polar surface area (TPSA) is 68.9 Å². The van der Waals surface area contributed by atoms with E-state index in [0.717, 1.165) is 12.1 Å². The number of rotatable bonds is 7. The summed E-state index contributed by atoms with van der Waals surface area (Å²) in [6, 6.07) is 5.54. The molecule has 132 valence electrons. The van der Waals surface area contributed by atoms with Gasteiger partial charge in [-0.15, -0.1) is 24.0 Å². The number of nitrogens with one attached hydrogen (secondary N) is 1. The number of aliphatic imine (C=N–C) groups is 1. The molecule has 0 amide bonds. The summed E-state index contributed by atoms with van der Waals surface area (Å²) in [5, 5.41) is 3.09. The fraction of sp³-hybridized carbons (Fsp3) is 0.588. The third-order valence-corrected chi connectivity index (χ3v) is 3.29. The number of anilines is 1. The van der Waals surface area contributed by atoms with Crippen LogP contribution in [0.15, 0.2) is 23.2 Å². The lowest BCUT2D eigenvalue weighted by Gasteiger charge is -2.24. The molecule has 0 atom stereocenters. The molecular formula is C17H30IN3O2. The molecule has 0 spiro atoms. The quantitative estimate of drug-likeness (QED) is 0.384. The second-order valence-electron chi connectivity index (χ2n) is 6.66. The smallest absolute Gasteiger partial charge is 0.193 e. The van der Waals surface area contributed by atoms with Crippen LogP contribution >= 0.6 is 24.0 Å². The Morgan fingerprint density at radius 1 is 1.22 bits per heavy atom. The van der Waals surface area contributed by atoms with E-state index in [2.05, 4.69) is 38.0 Å². The minimum absolute atomic E-state index is 0. The maximum atomic E-state index is 5.97. The van der Waals surface area contributed by atoms with Gasteiger partial charge < -0.3 is 20.5 Å². The standard InChI is InChI=1S/C17H29N3O2.HI/c1-12(2)10-17(3,4)11-19-16(18)20-13-7-8-14(21-5)15(9-13)22-6;/h7-9,12H,10-11H2,1-6H3,(H3,18,19,20);1H. The molecule has 0 fully saturated rings. The van der Waals surface area contributed by atoms with Gasteiger partial charge in [0.15, 0.2) is 17.5 Å². The zero-order chi connectivity index (χ0) is 16.8. The Morgan fingerprint density at radius 2 is 1.83 bits per heavy atom. The van der Waals surface area contributed by atoms with Crippen molar-refractivity contribution in [3.63, 3.8) is 0 Å². The molecule has 0 aliphatic heterocycles. The molecule has 0 aliphatic rings. The highest BCUT2D eigenvalue weighted by molar-refractivity contribution is 14.0. The van der Waals surface area contributed by atoms with Crippen molar-refractivity contribution in [2.75, 3.05) is 26.1 Å². The number of halogens is 1. The summed E-state index contributed by atoms with van der Waals surface area (Å²) >= 11 is 0. The number of methoxy groups -OCH3 is 2. The SMILES string of the molecule is COc1ccc(NC(N)=NCC(C)(C)CC(C)C)cc1OC.I. The van der Waals surface area contributed by atoms with Gasteiger partial charge in [-0.3, -0.25) is 4.99 Å². The Hall–Kier alpha value is -1.18. The van der Waals surface area contributed by atoms with Crippen LogP contribution in [0.4, 0.5) is 5.69 Å². The average Bonchev–Trinajstić information content (AvgIpc) is 2.44. The van der Waals surface area contributed by atoms with Crippen LogP contribution in [-0.4, -0.2) is 26.7 Å². The minimum Gasteiger partial charge on any atom is -0.493 e. The summed E-state index contributed by atoms with van der Waals surface area (Å²) in [6.07, 6.45) is 1.11. The van der Waals surface area contributed by atoms with Crippen LogP contribution in [0, 0.1) is 11.3 Å². The number of nitrogens with two attached hydrogens (primary N) is 1. The number of ether oxygens (including phenoxy) is 2. The summed E-state index contributed by atoms with van der Waals surface area (Å²) in [7, 11) is 3.21.